The number of amides is 1. The normalized spacial score (nSPS) is 21.0. The van der Waals surface area contributed by atoms with E-state index >= 15 is 0 Å². The average molecular weight is 343 g/mol. The minimum Gasteiger partial charge on any atom is -0.361 e. The molecule has 5 nitrogen and oxygen atoms in total. The SMILES string of the molecule is Cc1cc(CN2CCN(C(=O)[C@H]3Cc4ccccc4S3)CC2)no1. The van der Waals surface area contributed by atoms with Crippen molar-refractivity contribution in [2.24, 2.45) is 0 Å². The van der Waals surface area contributed by atoms with Crippen LogP contribution in [0.25, 0.3) is 0 Å². The van der Waals surface area contributed by atoms with Gasteiger partial charge in [0, 0.05) is 43.7 Å². The maximum atomic E-state index is 12.8. The predicted octanol–water partition coefficient (Wildman–Crippen LogP) is 2.34. The van der Waals surface area contributed by atoms with Gasteiger partial charge in [-0.1, -0.05) is 23.4 Å². The monoisotopic (exact) mass is 343 g/mol. The summed E-state index contributed by atoms with van der Waals surface area (Å²) in [5, 5.41) is 4.10. The number of piperazine rings is 1. The lowest BCUT2D eigenvalue weighted by Gasteiger charge is -2.35. The third-order valence-corrected chi connectivity index (χ3v) is 5.97. The molecule has 1 amide bonds. The Labute approximate surface area is 146 Å². The van der Waals surface area contributed by atoms with E-state index in [1.54, 1.807) is 11.8 Å². The van der Waals surface area contributed by atoms with Crippen molar-refractivity contribution < 1.29 is 9.32 Å². The van der Waals surface area contributed by atoms with E-state index in [4.69, 9.17) is 4.52 Å². The van der Waals surface area contributed by atoms with Gasteiger partial charge >= 0.3 is 0 Å². The quantitative estimate of drug-likeness (QED) is 0.856. The first-order chi connectivity index (χ1) is 11.7. The van der Waals surface area contributed by atoms with Crippen LogP contribution in [0.5, 0.6) is 0 Å². The Morgan fingerprint density at radius 1 is 1.29 bits per heavy atom. The first-order valence-electron chi connectivity index (χ1n) is 8.37. The van der Waals surface area contributed by atoms with Crippen LogP contribution in [0.15, 0.2) is 39.8 Å². The molecule has 0 bridgehead atoms. The number of thioether (sulfide) groups is 1. The van der Waals surface area contributed by atoms with Gasteiger partial charge in [0.15, 0.2) is 0 Å². The molecule has 2 aliphatic heterocycles. The second kappa shape index (κ2) is 6.61. The summed E-state index contributed by atoms with van der Waals surface area (Å²) in [4.78, 5) is 18.4. The van der Waals surface area contributed by atoms with Crippen molar-refractivity contribution in [3.05, 3.63) is 47.3 Å². The number of rotatable bonds is 3. The molecule has 6 heteroatoms. The topological polar surface area (TPSA) is 49.6 Å². The lowest BCUT2D eigenvalue weighted by Crippen LogP contribution is -2.50. The van der Waals surface area contributed by atoms with Gasteiger partial charge in [-0.25, -0.2) is 0 Å². The molecule has 126 valence electrons. The summed E-state index contributed by atoms with van der Waals surface area (Å²) in [5.41, 5.74) is 2.27. The van der Waals surface area contributed by atoms with Crippen LogP contribution in [0, 0.1) is 6.92 Å². The highest BCUT2D eigenvalue weighted by molar-refractivity contribution is 8.01. The van der Waals surface area contributed by atoms with Gasteiger partial charge in [-0.15, -0.1) is 11.8 Å². The Morgan fingerprint density at radius 2 is 2.08 bits per heavy atom. The summed E-state index contributed by atoms with van der Waals surface area (Å²) in [6, 6.07) is 10.3. The molecule has 2 aromatic rings. The summed E-state index contributed by atoms with van der Waals surface area (Å²) < 4.78 is 5.12. The van der Waals surface area contributed by atoms with Crippen molar-refractivity contribution in [2.75, 3.05) is 26.2 Å². The van der Waals surface area contributed by atoms with E-state index in [1.165, 1.54) is 10.5 Å². The van der Waals surface area contributed by atoms with Crippen molar-refractivity contribution in [1.82, 2.24) is 15.0 Å². The molecule has 1 saturated heterocycles. The average Bonchev–Trinajstić information content (AvgIpc) is 3.21. The molecule has 2 aliphatic rings. The molecule has 1 atom stereocenters. The molecule has 1 aromatic carbocycles. The molecule has 0 radical (unpaired) electrons. The second-order valence-electron chi connectivity index (χ2n) is 6.45. The number of hydrogen-bond donors (Lipinski definition) is 0. The van der Waals surface area contributed by atoms with Gasteiger partial charge in [0.2, 0.25) is 5.91 Å². The van der Waals surface area contributed by atoms with Gasteiger partial charge < -0.3 is 9.42 Å². The molecule has 3 heterocycles. The number of nitrogens with zero attached hydrogens (tertiary/aromatic N) is 3. The van der Waals surface area contributed by atoms with Gasteiger partial charge in [-0.05, 0) is 25.0 Å². The molecule has 0 unspecified atom stereocenters. The molecule has 0 spiro atoms. The van der Waals surface area contributed by atoms with E-state index in [9.17, 15) is 4.79 Å². The molecule has 4 rings (SSSR count). The third-order valence-electron chi connectivity index (χ3n) is 4.67. The van der Waals surface area contributed by atoms with Crippen molar-refractivity contribution >= 4 is 17.7 Å². The van der Waals surface area contributed by atoms with Crippen LogP contribution < -0.4 is 0 Å². The van der Waals surface area contributed by atoms with Gasteiger partial charge in [-0.2, -0.15) is 0 Å². The number of aromatic nitrogens is 1. The van der Waals surface area contributed by atoms with Crippen LogP contribution in [-0.4, -0.2) is 52.3 Å². The Bertz CT molecular complexity index is 712. The van der Waals surface area contributed by atoms with E-state index < -0.39 is 0 Å². The summed E-state index contributed by atoms with van der Waals surface area (Å²) in [6.45, 7) is 6.07. The number of fused-ring (bicyclic) bond motifs is 1. The number of carbonyl (C=O) groups excluding carboxylic acids is 1. The fourth-order valence-electron chi connectivity index (χ4n) is 3.37. The van der Waals surface area contributed by atoms with Crippen LogP contribution in [0.3, 0.4) is 0 Å². The maximum Gasteiger partial charge on any atom is 0.236 e. The molecule has 1 aromatic heterocycles. The first kappa shape index (κ1) is 15.7. The van der Waals surface area contributed by atoms with Crippen LogP contribution in [-0.2, 0) is 17.8 Å². The van der Waals surface area contributed by atoms with E-state index in [0.29, 0.717) is 0 Å². The standard InChI is InChI=1S/C18H21N3O2S/c1-13-10-15(19-23-13)12-20-6-8-21(9-7-20)18(22)17-11-14-4-2-3-5-16(14)24-17/h2-5,10,17H,6-9,11-12H2,1H3/t17-/m1/s1. The van der Waals surface area contributed by atoms with E-state index in [1.807, 2.05) is 24.0 Å². The van der Waals surface area contributed by atoms with Gasteiger partial charge in [-0.3, -0.25) is 9.69 Å². The molecule has 24 heavy (non-hydrogen) atoms. The Kier molecular flexibility index (Phi) is 4.33. The van der Waals surface area contributed by atoms with Crippen LogP contribution in [0.4, 0.5) is 0 Å². The zero-order valence-corrected chi connectivity index (χ0v) is 14.6. The molecule has 0 N–H and O–H groups in total. The molecular weight excluding hydrogens is 322 g/mol. The fraction of sp³-hybridized carbons (Fsp3) is 0.444. The van der Waals surface area contributed by atoms with Crippen LogP contribution in [0.1, 0.15) is 17.0 Å². The number of benzene rings is 1. The Morgan fingerprint density at radius 3 is 2.79 bits per heavy atom. The lowest BCUT2D eigenvalue weighted by molar-refractivity contribution is -0.132. The summed E-state index contributed by atoms with van der Waals surface area (Å²) in [6.07, 6.45) is 0.859. The number of aryl methyl sites for hydroxylation is 1. The van der Waals surface area contributed by atoms with E-state index in [0.717, 1.165) is 50.6 Å². The zero-order chi connectivity index (χ0) is 16.5. The second-order valence-corrected chi connectivity index (χ2v) is 7.69. The van der Waals surface area contributed by atoms with Gasteiger partial charge in [0.25, 0.3) is 0 Å². The Balaban J connectivity index is 1.31. The van der Waals surface area contributed by atoms with E-state index in [2.05, 4.69) is 28.3 Å². The smallest absolute Gasteiger partial charge is 0.236 e. The number of carbonyl (C=O) groups is 1. The number of hydrogen-bond acceptors (Lipinski definition) is 5. The molecule has 0 aliphatic carbocycles. The largest absolute Gasteiger partial charge is 0.361 e. The van der Waals surface area contributed by atoms with Crippen molar-refractivity contribution in [1.29, 1.82) is 0 Å². The lowest BCUT2D eigenvalue weighted by atomic mass is 10.1. The van der Waals surface area contributed by atoms with Crippen molar-refractivity contribution in [3.63, 3.8) is 0 Å². The summed E-state index contributed by atoms with van der Waals surface area (Å²) >= 11 is 1.72. The van der Waals surface area contributed by atoms with Crippen LogP contribution in [0.2, 0.25) is 0 Å². The summed E-state index contributed by atoms with van der Waals surface area (Å²) in [5.74, 6) is 1.13. The molecular formula is C18H21N3O2S. The minimum atomic E-state index is 0.0483. The molecule has 0 saturated carbocycles. The highest BCUT2D eigenvalue weighted by atomic mass is 32.2. The highest BCUT2D eigenvalue weighted by Gasteiger charge is 2.32. The Hall–Kier alpha value is -1.79. The predicted molar refractivity (Wildman–Crippen MR) is 92.9 cm³/mol. The van der Waals surface area contributed by atoms with Gasteiger partial charge in [0.05, 0.1) is 10.9 Å². The molecule has 1 fully saturated rings. The van der Waals surface area contributed by atoms with Crippen LogP contribution >= 0.6 is 11.8 Å². The highest BCUT2D eigenvalue weighted by Crippen LogP contribution is 2.37. The van der Waals surface area contributed by atoms with E-state index in [-0.39, 0.29) is 11.2 Å². The van der Waals surface area contributed by atoms with Crippen molar-refractivity contribution in [2.45, 2.75) is 30.0 Å². The fourth-order valence-corrected chi connectivity index (χ4v) is 4.65. The maximum absolute atomic E-state index is 12.8. The van der Waals surface area contributed by atoms with Gasteiger partial charge in [0.1, 0.15) is 5.76 Å². The zero-order valence-electron chi connectivity index (χ0n) is 13.8. The van der Waals surface area contributed by atoms with Crippen molar-refractivity contribution in [3.8, 4) is 0 Å². The third kappa shape index (κ3) is 3.21. The first-order valence-corrected chi connectivity index (χ1v) is 9.25. The summed E-state index contributed by atoms with van der Waals surface area (Å²) in [7, 11) is 0. The minimum absolute atomic E-state index is 0.0483.